The van der Waals surface area contributed by atoms with Gasteiger partial charge in [0.15, 0.2) is 5.11 Å². The lowest BCUT2D eigenvalue weighted by Crippen LogP contribution is -2.60. The van der Waals surface area contributed by atoms with Crippen LogP contribution in [0, 0.1) is 31.6 Å². The summed E-state index contributed by atoms with van der Waals surface area (Å²) < 4.78 is 0. The molecule has 4 bridgehead atoms. The van der Waals surface area contributed by atoms with Crippen LogP contribution in [0.15, 0.2) is 18.2 Å². The zero-order valence-corrected chi connectivity index (χ0v) is 14.4. The summed E-state index contributed by atoms with van der Waals surface area (Å²) in [6.45, 7) is 4.26. The third-order valence-corrected chi connectivity index (χ3v) is 6.26. The first-order valence-corrected chi connectivity index (χ1v) is 9.09. The average Bonchev–Trinajstić information content (AvgIpc) is 2.40. The van der Waals surface area contributed by atoms with E-state index >= 15 is 0 Å². The monoisotopic (exact) mass is 314 g/mol. The van der Waals surface area contributed by atoms with Gasteiger partial charge in [0.05, 0.1) is 0 Å². The maximum absolute atomic E-state index is 5.65. The van der Waals surface area contributed by atoms with Crippen LogP contribution in [0.3, 0.4) is 0 Å². The van der Waals surface area contributed by atoms with E-state index in [1.54, 1.807) is 0 Å². The largest absolute Gasteiger partial charge is 0.357 e. The topological polar surface area (TPSA) is 24.1 Å². The Hall–Kier alpha value is -1.09. The summed E-state index contributed by atoms with van der Waals surface area (Å²) in [5.74, 6) is 2.84. The van der Waals surface area contributed by atoms with Gasteiger partial charge < -0.3 is 10.6 Å². The van der Waals surface area contributed by atoms with Crippen LogP contribution >= 0.6 is 12.2 Å². The number of hydrogen-bond acceptors (Lipinski definition) is 1. The molecule has 22 heavy (non-hydrogen) atoms. The van der Waals surface area contributed by atoms with Crippen molar-refractivity contribution in [3.63, 3.8) is 0 Å². The molecule has 4 fully saturated rings. The van der Waals surface area contributed by atoms with Gasteiger partial charge in [0.25, 0.3) is 0 Å². The Kier molecular flexibility index (Phi) is 3.44. The van der Waals surface area contributed by atoms with Crippen molar-refractivity contribution in [2.75, 3.05) is 5.32 Å². The fourth-order valence-electron chi connectivity index (χ4n) is 5.53. The molecule has 0 amide bonds. The minimum absolute atomic E-state index is 0.288. The minimum atomic E-state index is 0.288. The summed E-state index contributed by atoms with van der Waals surface area (Å²) in [4.78, 5) is 0. The van der Waals surface area contributed by atoms with E-state index < -0.39 is 0 Å². The third-order valence-electron chi connectivity index (χ3n) is 6.06. The number of aryl methyl sites for hydroxylation is 2. The van der Waals surface area contributed by atoms with E-state index in [-0.39, 0.29) is 5.54 Å². The molecule has 4 saturated carbocycles. The summed E-state index contributed by atoms with van der Waals surface area (Å²) >= 11 is 5.65. The van der Waals surface area contributed by atoms with Gasteiger partial charge in [-0.05, 0) is 99.5 Å². The van der Waals surface area contributed by atoms with E-state index in [4.69, 9.17) is 12.2 Å². The quantitative estimate of drug-likeness (QED) is 0.783. The molecule has 5 rings (SSSR count). The zero-order chi connectivity index (χ0) is 15.3. The van der Waals surface area contributed by atoms with Gasteiger partial charge in [-0.3, -0.25) is 0 Å². The van der Waals surface area contributed by atoms with Gasteiger partial charge in [-0.15, -0.1) is 0 Å². The van der Waals surface area contributed by atoms with Crippen LogP contribution in [-0.2, 0) is 0 Å². The van der Waals surface area contributed by atoms with Crippen molar-refractivity contribution in [1.82, 2.24) is 5.32 Å². The second-order valence-corrected chi connectivity index (χ2v) is 8.50. The highest BCUT2D eigenvalue weighted by Gasteiger charge is 2.51. The lowest BCUT2D eigenvalue weighted by molar-refractivity contribution is -0.00972. The Morgan fingerprint density at radius 3 is 2.23 bits per heavy atom. The van der Waals surface area contributed by atoms with Crippen LogP contribution in [0.5, 0.6) is 0 Å². The molecule has 1 aromatic carbocycles. The molecule has 3 heteroatoms. The van der Waals surface area contributed by atoms with Gasteiger partial charge in [-0.2, -0.15) is 0 Å². The summed E-state index contributed by atoms with van der Waals surface area (Å²) in [7, 11) is 0. The fourth-order valence-corrected chi connectivity index (χ4v) is 5.86. The molecule has 0 heterocycles. The van der Waals surface area contributed by atoms with Gasteiger partial charge in [0.2, 0.25) is 0 Å². The van der Waals surface area contributed by atoms with Crippen molar-refractivity contribution in [2.45, 2.75) is 57.9 Å². The van der Waals surface area contributed by atoms with Gasteiger partial charge >= 0.3 is 0 Å². The predicted octanol–water partition coefficient (Wildman–Crippen LogP) is 4.56. The zero-order valence-electron chi connectivity index (χ0n) is 13.6. The minimum Gasteiger partial charge on any atom is -0.357 e. The Morgan fingerprint density at radius 1 is 1.05 bits per heavy atom. The molecular weight excluding hydrogens is 288 g/mol. The Balaban J connectivity index is 1.47. The normalized spacial score (nSPS) is 35.5. The van der Waals surface area contributed by atoms with E-state index in [1.165, 1.54) is 49.7 Å². The first-order valence-electron chi connectivity index (χ1n) is 8.68. The smallest absolute Gasteiger partial charge is 0.171 e. The molecule has 4 aliphatic carbocycles. The molecule has 0 aliphatic heterocycles. The summed E-state index contributed by atoms with van der Waals surface area (Å²) in [6.07, 6.45) is 8.39. The standard InChI is InChI=1S/C19H26N2S/c1-12-3-4-13(2)17(5-12)20-18(22)21-19-9-14-6-15(10-19)8-16(7-14)11-19/h3-5,14-16H,6-11H2,1-2H3,(H2,20,21,22). The van der Waals surface area contributed by atoms with E-state index in [0.717, 1.165) is 28.6 Å². The van der Waals surface area contributed by atoms with Crippen LogP contribution in [0.25, 0.3) is 0 Å². The fraction of sp³-hybridized carbons (Fsp3) is 0.632. The number of thiocarbonyl (C=S) groups is 1. The van der Waals surface area contributed by atoms with Crippen molar-refractivity contribution < 1.29 is 0 Å². The SMILES string of the molecule is Cc1ccc(C)c(NC(=S)NC23CC4CC(CC(C4)C2)C3)c1. The highest BCUT2D eigenvalue weighted by Crippen LogP contribution is 2.55. The molecule has 0 radical (unpaired) electrons. The molecule has 2 nitrogen and oxygen atoms in total. The third kappa shape index (κ3) is 2.64. The summed E-state index contributed by atoms with van der Waals surface area (Å²) in [5, 5.41) is 8.00. The number of hydrogen-bond donors (Lipinski definition) is 2. The van der Waals surface area contributed by atoms with Gasteiger partial charge in [-0.25, -0.2) is 0 Å². The molecule has 0 saturated heterocycles. The Bertz CT molecular complexity index is 572. The molecule has 4 aliphatic rings. The lowest BCUT2D eigenvalue weighted by Gasteiger charge is -2.57. The van der Waals surface area contributed by atoms with Crippen LogP contribution in [0.2, 0.25) is 0 Å². The molecular formula is C19H26N2S. The average molecular weight is 314 g/mol. The number of rotatable bonds is 2. The van der Waals surface area contributed by atoms with E-state index in [9.17, 15) is 0 Å². The molecule has 0 unspecified atom stereocenters. The first-order chi connectivity index (χ1) is 10.5. The van der Waals surface area contributed by atoms with E-state index in [2.05, 4.69) is 42.7 Å². The number of anilines is 1. The van der Waals surface area contributed by atoms with Crippen LogP contribution in [0.4, 0.5) is 5.69 Å². The van der Waals surface area contributed by atoms with Crippen molar-refractivity contribution in [1.29, 1.82) is 0 Å². The predicted molar refractivity (Wildman–Crippen MR) is 96.2 cm³/mol. The van der Waals surface area contributed by atoms with Crippen molar-refractivity contribution in [3.05, 3.63) is 29.3 Å². The van der Waals surface area contributed by atoms with Crippen LogP contribution in [0.1, 0.15) is 49.7 Å². The lowest BCUT2D eigenvalue weighted by atomic mass is 9.53. The van der Waals surface area contributed by atoms with Gasteiger partial charge in [0.1, 0.15) is 0 Å². The molecule has 2 N–H and O–H groups in total. The van der Waals surface area contributed by atoms with E-state index in [0.29, 0.717) is 0 Å². The molecule has 0 aromatic heterocycles. The molecule has 118 valence electrons. The summed E-state index contributed by atoms with van der Waals surface area (Å²) in [5.41, 5.74) is 3.95. The van der Waals surface area contributed by atoms with Crippen molar-refractivity contribution in [2.24, 2.45) is 17.8 Å². The van der Waals surface area contributed by atoms with Crippen molar-refractivity contribution in [3.8, 4) is 0 Å². The number of benzene rings is 1. The molecule has 0 spiro atoms. The Morgan fingerprint density at radius 2 is 1.64 bits per heavy atom. The van der Waals surface area contributed by atoms with E-state index in [1.807, 2.05) is 0 Å². The molecule has 0 atom stereocenters. The first kappa shape index (κ1) is 14.5. The van der Waals surface area contributed by atoms with Crippen molar-refractivity contribution >= 4 is 23.0 Å². The Labute approximate surface area is 139 Å². The maximum Gasteiger partial charge on any atom is 0.171 e. The maximum atomic E-state index is 5.65. The highest BCUT2D eigenvalue weighted by molar-refractivity contribution is 7.80. The number of nitrogens with one attached hydrogen (secondary N) is 2. The van der Waals surface area contributed by atoms with Crippen LogP contribution in [-0.4, -0.2) is 10.7 Å². The van der Waals surface area contributed by atoms with Crippen LogP contribution < -0.4 is 10.6 Å². The highest BCUT2D eigenvalue weighted by atomic mass is 32.1. The van der Waals surface area contributed by atoms with Gasteiger partial charge in [0, 0.05) is 11.2 Å². The summed E-state index contributed by atoms with van der Waals surface area (Å²) in [6, 6.07) is 6.49. The van der Waals surface area contributed by atoms with Gasteiger partial charge in [-0.1, -0.05) is 12.1 Å². The molecule has 1 aromatic rings. The second kappa shape index (κ2) is 5.23. The second-order valence-electron chi connectivity index (χ2n) is 8.10.